The Balaban J connectivity index is 2.49. The minimum absolute atomic E-state index is 0.491. The fourth-order valence-corrected chi connectivity index (χ4v) is 2.72. The zero-order valence-corrected chi connectivity index (χ0v) is 10.9. The molecule has 0 aliphatic heterocycles. The van der Waals surface area contributed by atoms with Crippen LogP contribution in [0.3, 0.4) is 0 Å². The number of hydrogen-bond donors (Lipinski definition) is 0. The van der Waals surface area contributed by atoms with Gasteiger partial charge in [-0.3, -0.25) is 4.98 Å². The van der Waals surface area contributed by atoms with E-state index in [1.54, 1.807) is 17.5 Å². The maximum atomic E-state index is 9.17. The van der Waals surface area contributed by atoms with Gasteiger partial charge in [0.1, 0.15) is 5.01 Å². The smallest absolute Gasteiger partial charge is 0.142 e. The maximum Gasteiger partial charge on any atom is 0.142 e. The molecule has 2 aromatic heterocycles. The topological polar surface area (TPSA) is 49.6 Å². The first-order chi connectivity index (χ1) is 8.04. The first-order valence-corrected chi connectivity index (χ1v) is 6.17. The molecule has 0 unspecified atom stereocenters. The molecular formula is C13H13N3S. The van der Waals surface area contributed by atoms with Gasteiger partial charge in [0, 0.05) is 11.1 Å². The van der Waals surface area contributed by atoms with Crippen LogP contribution in [0.5, 0.6) is 0 Å². The Kier molecular flexibility index (Phi) is 2.95. The molecule has 0 bridgehead atoms. The van der Waals surface area contributed by atoms with Crippen LogP contribution in [0.25, 0.3) is 10.7 Å². The molecule has 0 aromatic carbocycles. The van der Waals surface area contributed by atoms with Crippen LogP contribution in [0.2, 0.25) is 0 Å². The Morgan fingerprint density at radius 3 is 2.71 bits per heavy atom. The number of aromatic nitrogens is 2. The molecule has 86 valence electrons. The van der Waals surface area contributed by atoms with Gasteiger partial charge in [0.2, 0.25) is 0 Å². The van der Waals surface area contributed by atoms with E-state index in [1.807, 2.05) is 39.0 Å². The van der Waals surface area contributed by atoms with Gasteiger partial charge in [-0.1, -0.05) is 6.07 Å². The average molecular weight is 243 g/mol. The summed E-state index contributed by atoms with van der Waals surface area (Å²) in [6.45, 7) is 5.77. The van der Waals surface area contributed by atoms with Crippen LogP contribution in [-0.2, 0) is 5.41 Å². The summed E-state index contributed by atoms with van der Waals surface area (Å²) in [5.41, 5.74) is 1.29. The lowest BCUT2D eigenvalue weighted by atomic mass is 9.93. The van der Waals surface area contributed by atoms with Crippen molar-refractivity contribution in [2.75, 3.05) is 0 Å². The monoisotopic (exact) mass is 243 g/mol. The number of pyridine rings is 1. The van der Waals surface area contributed by atoms with Gasteiger partial charge in [0.25, 0.3) is 0 Å². The van der Waals surface area contributed by atoms with Gasteiger partial charge in [0.05, 0.1) is 22.9 Å². The first kappa shape index (κ1) is 11.7. The summed E-state index contributed by atoms with van der Waals surface area (Å²) >= 11 is 1.55. The third-order valence-corrected chi connectivity index (χ3v) is 4.03. The molecule has 17 heavy (non-hydrogen) atoms. The van der Waals surface area contributed by atoms with E-state index < -0.39 is 5.41 Å². The van der Waals surface area contributed by atoms with Crippen molar-refractivity contribution in [3.63, 3.8) is 0 Å². The second-order valence-electron chi connectivity index (χ2n) is 4.39. The Morgan fingerprint density at radius 2 is 2.12 bits per heavy atom. The minimum atomic E-state index is -0.491. The largest absolute Gasteiger partial charge is 0.254 e. The van der Waals surface area contributed by atoms with E-state index in [0.717, 1.165) is 21.3 Å². The van der Waals surface area contributed by atoms with E-state index >= 15 is 0 Å². The lowest BCUT2D eigenvalue weighted by Gasteiger charge is -2.12. The fraction of sp³-hybridized carbons (Fsp3) is 0.308. The van der Waals surface area contributed by atoms with Crippen molar-refractivity contribution in [2.45, 2.75) is 26.2 Å². The number of rotatable bonds is 2. The molecule has 0 saturated carbocycles. The number of hydrogen-bond acceptors (Lipinski definition) is 4. The van der Waals surface area contributed by atoms with E-state index in [4.69, 9.17) is 5.26 Å². The summed E-state index contributed by atoms with van der Waals surface area (Å²) in [7, 11) is 0. The highest BCUT2D eigenvalue weighted by Crippen LogP contribution is 2.34. The summed E-state index contributed by atoms with van der Waals surface area (Å²) in [6.07, 6.45) is 1.75. The van der Waals surface area contributed by atoms with Gasteiger partial charge in [-0.25, -0.2) is 4.98 Å². The number of nitriles is 1. The SMILES string of the molecule is Cc1nc(-c2ccccn2)sc1C(C)(C)C#N. The Bertz CT molecular complexity index is 564. The van der Waals surface area contributed by atoms with Crippen molar-refractivity contribution in [3.05, 3.63) is 35.0 Å². The Labute approximate surface area is 105 Å². The van der Waals surface area contributed by atoms with Crippen molar-refractivity contribution in [1.82, 2.24) is 9.97 Å². The van der Waals surface area contributed by atoms with E-state index in [1.165, 1.54) is 0 Å². The van der Waals surface area contributed by atoms with Crippen LogP contribution in [-0.4, -0.2) is 9.97 Å². The number of thiazole rings is 1. The lowest BCUT2D eigenvalue weighted by molar-refractivity contribution is 0.695. The molecule has 0 fully saturated rings. The van der Waals surface area contributed by atoms with Crippen LogP contribution in [0.1, 0.15) is 24.4 Å². The summed E-state index contributed by atoms with van der Waals surface area (Å²) < 4.78 is 0. The molecule has 2 aromatic rings. The summed E-state index contributed by atoms with van der Waals surface area (Å²) in [5.74, 6) is 0. The van der Waals surface area contributed by atoms with Crippen LogP contribution < -0.4 is 0 Å². The van der Waals surface area contributed by atoms with Crippen molar-refractivity contribution in [1.29, 1.82) is 5.26 Å². The summed E-state index contributed by atoms with van der Waals surface area (Å²) in [6, 6.07) is 8.06. The average Bonchev–Trinajstić information content (AvgIpc) is 2.73. The molecular weight excluding hydrogens is 230 g/mol. The fourth-order valence-electron chi connectivity index (χ4n) is 1.63. The zero-order chi connectivity index (χ0) is 12.5. The van der Waals surface area contributed by atoms with Gasteiger partial charge >= 0.3 is 0 Å². The molecule has 0 saturated heterocycles. The highest BCUT2D eigenvalue weighted by atomic mass is 32.1. The van der Waals surface area contributed by atoms with E-state index in [2.05, 4.69) is 16.0 Å². The quantitative estimate of drug-likeness (QED) is 0.813. The molecule has 0 aliphatic rings. The maximum absolute atomic E-state index is 9.17. The first-order valence-electron chi connectivity index (χ1n) is 5.35. The molecule has 0 spiro atoms. The third-order valence-electron chi connectivity index (χ3n) is 2.53. The van der Waals surface area contributed by atoms with Gasteiger partial charge in [-0.2, -0.15) is 5.26 Å². The van der Waals surface area contributed by atoms with Gasteiger partial charge in [-0.15, -0.1) is 11.3 Å². The van der Waals surface area contributed by atoms with Crippen LogP contribution in [0, 0.1) is 18.3 Å². The molecule has 2 rings (SSSR count). The van der Waals surface area contributed by atoms with Crippen LogP contribution in [0.15, 0.2) is 24.4 Å². The minimum Gasteiger partial charge on any atom is -0.254 e. The predicted molar refractivity (Wildman–Crippen MR) is 68.7 cm³/mol. The zero-order valence-electron chi connectivity index (χ0n) is 10.1. The molecule has 4 heteroatoms. The molecule has 0 amide bonds. The van der Waals surface area contributed by atoms with E-state index in [-0.39, 0.29) is 0 Å². The second kappa shape index (κ2) is 4.27. The van der Waals surface area contributed by atoms with Crippen molar-refractivity contribution >= 4 is 11.3 Å². The Hall–Kier alpha value is -1.73. The van der Waals surface area contributed by atoms with Crippen LogP contribution in [0.4, 0.5) is 0 Å². The van der Waals surface area contributed by atoms with Gasteiger partial charge in [0.15, 0.2) is 0 Å². The molecule has 0 atom stereocenters. The summed E-state index contributed by atoms with van der Waals surface area (Å²) in [4.78, 5) is 9.79. The predicted octanol–water partition coefficient (Wildman–Crippen LogP) is 3.31. The standard InChI is InChI=1S/C13H13N3S/c1-9-11(13(2,3)8-14)17-12(16-9)10-6-4-5-7-15-10/h4-7H,1-3H3. The normalized spacial score (nSPS) is 11.2. The highest BCUT2D eigenvalue weighted by molar-refractivity contribution is 7.15. The lowest BCUT2D eigenvalue weighted by Crippen LogP contribution is -2.13. The molecule has 0 radical (unpaired) electrons. The summed E-state index contributed by atoms with van der Waals surface area (Å²) in [5, 5.41) is 10.0. The van der Waals surface area contributed by atoms with Crippen molar-refractivity contribution < 1.29 is 0 Å². The van der Waals surface area contributed by atoms with E-state index in [0.29, 0.717) is 0 Å². The molecule has 0 N–H and O–H groups in total. The van der Waals surface area contributed by atoms with Crippen molar-refractivity contribution in [3.8, 4) is 16.8 Å². The molecule has 2 heterocycles. The Morgan fingerprint density at radius 1 is 1.35 bits per heavy atom. The number of aryl methyl sites for hydroxylation is 1. The van der Waals surface area contributed by atoms with Gasteiger partial charge in [-0.05, 0) is 32.9 Å². The van der Waals surface area contributed by atoms with E-state index in [9.17, 15) is 0 Å². The van der Waals surface area contributed by atoms with Crippen molar-refractivity contribution in [2.24, 2.45) is 0 Å². The second-order valence-corrected chi connectivity index (χ2v) is 5.38. The third kappa shape index (κ3) is 2.20. The number of nitrogens with zero attached hydrogens (tertiary/aromatic N) is 3. The van der Waals surface area contributed by atoms with Gasteiger partial charge < -0.3 is 0 Å². The van der Waals surface area contributed by atoms with Crippen LogP contribution >= 0.6 is 11.3 Å². The highest BCUT2D eigenvalue weighted by Gasteiger charge is 2.26. The molecule has 3 nitrogen and oxygen atoms in total. The molecule has 0 aliphatic carbocycles.